The second-order valence-electron chi connectivity index (χ2n) is 5.05. The van der Waals surface area contributed by atoms with Crippen LogP contribution in [0.15, 0.2) is 24.3 Å². The average molecular weight is 283 g/mol. The van der Waals surface area contributed by atoms with Gasteiger partial charge in [0.05, 0.1) is 5.69 Å². The number of hydrogen-bond acceptors (Lipinski definition) is 3. The van der Waals surface area contributed by atoms with Crippen molar-refractivity contribution in [2.45, 2.75) is 19.8 Å². The molecule has 1 saturated heterocycles. The van der Waals surface area contributed by atoms with Crippen molar-refractivity contribution in [3.05, 3.63) is 29.8 Å². The van der Waals surface area contributed by atoms with E-state index in [9.17, 15) is 8.42 Å². The van der Waals surface area contributed by atoms with Gasteiger partial charge < -0.3 is 5.73 Å². The minimum absolute atomic E-state index is 0.449. The number of nitrogens with one attached hydrogen (secondary N) is 1. The van der Waals surface area contributed by atoms with E-state index in [-0.39, 0.29) is 0 Å². The van der Waals surface area contributed by atoms with Crippen LogP contribution in [0.2, 0.25) is 0 Å². The first-order chi connectivity index (χ1) is 9.01. The maximum atomic E-state index is 12.2. The molecule has 0 aliphatic carbocycles. The number of rotatable bonds is 4. The molecular weight excluding hydrogens is 262 g/mol. The molecule has 1 aromatic rings. The number of nitrogens with zero attached hydrogens (tertiary/aromatic N) is 1. The van der Waals surface area contributed by atoms with E-state index in [2.05, 4.69) is 4.72 Å². The fraction of sp³-hybridized carbons (Fsp3) is 0.538. The molecular formula is C13H21N3O2S. The number of piperidine rings is 1. The van der Waals surface area contributed by atoms with E-state index in [1.165, 1.54) is 4.31 Å². The normalized spacial score (nSPS) is 18.4. The molecule has 0 spiro atoms. The number of anilines is 1. The summed E-state index contributed by atoms with van der Waals surface area (Å²) >= 11 is 0. The summed E-state index contributed by atoms with van der Waals surface area (Å²) in [5.41, 5.74) is 7.26. The molecule has 1 fully saturated rings. The molecule has 19 heavy (non-hydrogen) atoms. The molecule has 1 heterocycles. The SMILES string of the molecule is Cc1cccc(NS(=O)(=O)N2CCC(CN)CC2)c1. The molecule has 106 valence electrons. The molecule has 1 aliphatic heterocycles. The first kappa shape index (κ1) is 14.3. The van der Waals surface area contributed by atoms with Gasteiger partial charge in [0.15, 0.2) is 0 Å². The average Bonchev–Trinajstić information content (AvgIpc) is 2.38. The Hall–Kier alpha value is -1.11. The van der Waals surface area contributed by atoms with Crippen LogP contribution in [0.5, 0.6) is 0 Å². The number of nitrogens with two attached hydrogens (primary N) is 1. The predicted molar refractivity (Wildman–Crippen MR) is 77.1 cm³/mol. The van der Waals surface area contributed by atoms with Crippen molar-refractivity contribution in [1.29, 1.82) is 0 Å². The largest absolute Gasteiger partial charge is 0.330 e. The van der Waals surface area contributed by atoms with Crippen molar-refractivity contribution in [1.82, 2.24) is 4.31 Å². The van der Waals surface area contributed by atoms with Crippen LogP contribution in [-0.2, 0) is 10.2 Å². The van der Waals surface area contributed by atoms with Gasteiger partial charge in [0.2, 0.25) is 0 Å². The summed E-state index contributed by atoms with van der Waals surface area (Å²) in [6.07, 6.45) is 1.68. The van der Waals surface area contributed by atoms with Gasteiger partial charge in [0.25, 0.3) is 0 Å². The summed E-state index contributed by atoms with van der Waals surface area (Å²) < 4.78 is 28.6. The van der Waals surface area contributed by atoms with Crippen LogP contribution in [0.4, 0.5) is 5.69 Å². The third-order valence-electron chi connectivity index (χ3n) is 3.51. The lowest BCUT2D eigenvalue weighted by Crippen LogP contribution is -2.42. The van der Waals surface area contributed by atoms with Gasteiger partial charge >= 0.3 is 10.2 Å². The van der Waals surface area contributed by atoms with E-state index in [0.717, 1.165) is 18.4 Å². The molecule has 0 bridgehead atoms. The third-order valence-corrected chi connectivity index (χ3v) is 5.05. The van der Waals surface area contributed by atoms with Crippen LogP contribution in [-0.4, -0.2) is 32.4 Å². The van der Waals surface area contributed by atoms with Crippen LogP contribution in [0.3, 0.4) is 0 Å². The third kappa shape index (κ3) is 3.68. The van der Waals surface area contributed by atoms with Gasteiger partial charge in [0, 0.05) is 13.1 Å². The standard InChI is InChI=1S/C13H21N3O2S/c1-11-3-2-4-13(9-11)15-19(17,18)16-7-5-12(10-14)6-8-16/h2-4,9,12,15H,5-8,10,14H2,1H3. The molecule has 0 aromatic heterocycles. The molecule has 5 nitrogen and oxygen atoms in total. The highest BCUT2D eigenvalue weighted by atomic mass is 32.2. The highest BCUT2D eigenvalue weighted by Crippen LogP contribution is 2.20. The Kier molecular flexibility index (Phi) is 4.44. The van der Waals surface area contributed by atoms with Crippen molar-refractivity contribution < 1.29 is 8.42 Å². The second kappa shape index (κ2) is 5.90. The summed E-state index contributed by atoms with van der Waals surface area (Å²) in [6, 6.07) is 7.36. The van der Waals surface area contributed by atoms with Crippen LogP contribution >= 0.6 is 0 Å². The van der Waals surface area contributed by atoms with E-state index in [4.69, 9.17) is 5.73 Å². The molecule has 1 aromatic carbocycles. The quantitative estimate of drug-likeness (QED) is 0.875. The fourth-order valence-electron chi connectivity index (χ4n) is 2.31. The number of hydrogen-bond donors (Lipinski definition) is 2. The van der Waals surface area contributed by atoms with E-state index in [1.807, 2.05) is 25.1 Å². The summed E-state index contributed by atoms with van der Waals surface area (Å²) in [7, 11) is -3.44. The fourth-order valence-corrected chi connectivity index (χ4v) is 3.55. The van der Waals surface area contributed by atoms with Gasteiger partial charge in [-0.2, -0.15) is 12.7 Å². The predicted octanol–water partition coefficient (Wildman–Crippen LogP) is 1.32. The minimum Gasteiger partial charge on any atom is -0.330 e. The zero-order valence-electron chi connectivity index (χ0n) is 11.2. The molecule has 0 saturated carbocycles. The minimum atomic E-state index is -3.44. The van der Waals surface area contributed by atoms with Crippen LogP contribution in [0, 0.1) is 12.8 Å². The molecule has 1 aliphatic rings. The van der Waals surface area contributed by atoms with Gasteiger partial charge in [0.1, 0.15) is 0 Å². The van der Waals surface area contributed by atoms with Gasteiger partial charge in [-0.15, -0.1) is 0 Å². The Morgan fingerprint density at radius 1 is 1.37 bits per heavy atom. The molecule has 2 rings (SSSR count). The smallest absolute Gasteiger partial charge is 0.301 e. The van der Waals surface area contributed by atoms with Crippen molar-refractivity contribution in [2.24, 2.45) is 11.7 Å². The van der Waals surface area contributed by atoms with Gasteiger partial charge in [-0.05, 0) is 49.9 Å². The zero-order chi connectivity index (χ0) is 13.9. The van der Waals surface area contributed by atoms with E-state index < -0.39 is 10.2 Å². The van der Waals surface area contributed by atoms with E-state index in [0.29, 0.717) is 31.2 Å². The topological polar surface area (TPSA) is 75.4 Å². The van der Waals surface area contributed by atoms with E-state index in [1.54, 1.807) is 6.07 Å². The van der Waals surface area contributed by atoms with Crippen molar-refractivity contribution in [3.63, 3.8) is 0 Å². The van der Waals surface area contributed by atoms with Crippen molar-refractivity contribution in [2.75, 3.05) is 24.4 Å². The maximum Gasteiger partial charge on any atom is 0.301 e. The molecule has 0 amide bonds. The van der Waals surface area contributed by atoms with Crippen molar-refractivity contribution in [3.8, 4) is 0 Å². The Morgan fingerprint density at radius 2 is 2.05 bits per heavy atom. The molecule has 0 radical (unpaired) electrons. The first-order valence-electron chi connectivity index (χ1n) is 6.56. The summed E-state index contributed by atoms with van der Waals surface area (Å²) in [4.78, 5) is 0. The van der Waals surface area contributed by atoms with E-state index >= 15 is 0 Å². The van der Waals surface area contributed by atoms with Gasteiger partial charge in [-0.25, -0.2) is 0 Å². The maximum absolute atomic E-state index is 12.2. The molecule has 3 N–H and O–H groups in total. The number of benzene rings is 1. The summed E-state index contributed by atoms with van der Waals surface area (Å²) in [6.45, 7) is 3.66. The van der Waals surface area contributed by atoms with Crippen LogP contribution < -0.4 is 10.5 Å². The summed E-state index contributed by atoms with van der Waals surface area (Å²) in [5, 5.41) is 0. The monoisotopic (exact) mass is 283 g/mol. The Balaban J connectivity index is 2.03. The highest BCUT2D eigenvalue weighted by Gasteiger charge is 2.27. The Bertz CT molecular complexity index is 522. The Morgan fingerprint density at radius 3 is 2.63 bits per heavy atom. The lowest BCUT2D eigenvalue weighted by molar-refractivity contribution is 0.280. The van der Waals surface area contributed by atoms with Gasteiger partial charge in [-0.3, -0.25) is 4.72 Å². The van der Waals surface area contributed by atoms with Crippen molar-refractivity contribution >= 4 is 15.9 Å². The lowest BCUT2D eigenvalue weighted by Gasteiger charge is -2.30. The van der Waals surface area contributed by atoms with Crippen LogP contribution in [0.25, 0.3) is 0 Å². The summed E-state index contributed by atoms with van der Waals surface area (Å²) in [5.74, 6) is 0.449. The highest BCUT2D eigenvalue weighted by molar-refractivity contribution is 7.90. The lowest BCUT2D eigenvalue weighted by atomic mass is 9.99. The molecule has 0 unspecified atom stereocenters. The van der Waals surface area contributed by atoms with Crippen LogP contribution in [0.1, 0.15) is 18.4 Å². The molecule has 0 atom stereocenters. The first-order valence-corrected chi connectivity index (χ1v) is 8.00. The zero-order valence-corrected chi connectivity index (χ0v) is 12.0. The Labute approximate surface area is 115 Å². The number of aryl methyl sites for hydroxylation is 1. The van der Waals surface area contributed by atoms with Gasteiger partial charge in [-0.1, -0.05) is 12.1 Å². The second-order valence-corrected chi connectivity index (χ2v) is 6.73. The molecule has 6 heteroatoms.